The minimum Gasteiger partial charge on any atom is -0.144 e. The first kappa shape index (κ1) is 9.22. The Morgan fingerprint density at radius 1 is 1.33 bits per heavy atom. The summed E-state index contributed by atoms with van der Waals surface area (Å²) in [6.45, 7) is 2.10. The molecule has 0 N–H and O–H groups in total. The zero-order valence-corrected chi connectivity index (χ0v) is 8.03. The van der Waals surface area contributed by atoms with E-state index in [-0.39, 0.29) is 0 Å². The largest absolute Gasteiger partial charge is 0.144 e. The predicted molar refractivity (Wildman–Crippen MR) is 56.2 cm³/mol. The van der Waals surface area contributed by atoms with Crippen LogP contribution in [0.2, 0.25) is 0 Å². The Morgan fingerprint density at radius 3 is 2.58 bits per heavy atom. The molecule has 1 rings (SSSR count). The summed E-state index contributed by atoms with van der Waals surface area (Å²) in [4.78, 5) is 0. The van der Waals surface area contributed by atoms with E-state index in [0.29, 0.717) is 0 Å². The lowest BCUT2D eigenvalue weighted by Gasteiger charge is -1.98. The second-order valence-corrected chi connectivity index (χ2v) is 3.67. The topological polar surface area (TPSA) is 0 Å². The van der Waals surface area contributed by atoms with Gasteiger partial charge in [0.25, 0.3) is 0 Å². The van der Waals surface area contributed by atoms with E-state index < -0.39 is 0 Å². The van der Waals surface area contributed by atoms with Gasteiger partial charge in [-0.2, -0.15) is 0 Å². The number of hydrogen-bond donors (Lipinski definition) is 0. The molecule has 0 heterocycles. The van der Waals surface area contributed by atoms with Crippen LogP contribution < -0.4 is 0 Å². The van der Waals surface area contributed by atoms with Crippen LogP contribution in [0, 0.1) is 19.3 Å². The van der Waals surface area contributed by atoms with Gasteiger partial charge in [0, 0.05) is 5.75 Å². The summed E-state index contributed by atoms with van der Waals surface area (Å²) in [5.74, 6) is 4.43. The SMILES string of the molecule is C#CCSCc1ccc(C)cc1. The molecule has 0 radical (unpaired) electrons. The van der Waals surface area contributed by atoms with Crippen LogP contribution in [0.15, 0.2) is 24.3 Å². The molecule has 1 aromatic rings. The van der Waals surface area contributed by atoms with Crippen LogP contribution in [0.5, 0.6) is 0 Å². The monoisotopic (exact) mass is 176 g/mol. The molecule has 0 aromatic heterocycles. The van der Waals surface area contributed by atoms with Crippen LogP contribution in [0.4, 0.5) is 0 Å². The molecule has 12 heavy (non-hydrogen) atoms. The molecule has 1 aromatic carbocycles. The lowest BCUT2D eigenvalue weighted by atomic mass is 10.2. The van der Waals surface area contributed by atoms with Gasteiger partial charge in [-0.25, -0.2) is 0 Å². The lowest BCUT2D eigenvalue weighted by molar-refractivity contribution is 1.37. The zero-order valence-electron chi connectivity index (χ0n) is 7.21. The van der Waals surface area contributed by atoms with Crippen molar-refractivity contribution in [2.24, 2.45) is 0 Å². The summed E-state index contributed by atoms with van der Waals surface area (Å²) in [7, 11) is 0. The van der Waals surface area contributed by atoms with E-state index in [4.69, 9.17) is 6.42 Å². The highest BCUT2D eigenvalue weighted by Crippen LogP contribution is 2.11. The van der Waals surface area contributed by atoms with E-state index >= 15 is 0 Å². The Morgan fingerprint density at radius 2 is 2.00 bits per heavy atom. The zero-order chi connectivity index (χ0) is 8.81. The van der Waals surface area contributed by atoms with Crippen LogP contribution in [0.1, 0.15) is 11.1 Å². The van der Waals surface area contributed by atoms with Gasteiger partial charge in [-0.05, 0) is 12.5 Å². The quantitative estimate of drug-likeness (QED) is 0.504. The van der Waals surface area contributed by atoms with E-state index in [9.17, 15) is 0 Å². The Kier molecular flexibility index (Phi) is 3.76. The molecule has 0 atom stereocenters. The number of terminal acetylenes is 1. The third-order valence-electron chi connectivity index (χ3n) is 1.57. The maximum Gasteiger partial charge on any atom is 0.0548 e. The number of hydrogen-bond acceptors (Lipinski definition) is 1. The molecule has 0 bridgehead atoms. The second-order valence-electron chi connectivity index (χ2n) is 2.68. The summed E-state index contributed by atoms with van der Waals surface area (Å²) in [5, 5.41) is 0. The molecule has 0 saturated heterocycles. The third kappa shape index (κ3) is 3.02. The fourth-order valence-corrected chi connectivity index (χ4v) is 1.56. The minimum absolute atomic E-state index is 0.799. The van der Waals surface area contributed by atoms with E-state index in [1.807, 2.05) is 0 Å². The van der Waals surface area contributed by atoms with Gasteiger partial charge in [0.2, 0.25) is 0 Å². The van der Waals surface area contributed by atoms with Crippen LogP contribution >= 0.6 is 11.8 Å². The molecule has 0 fully saturated rings. The first-order chi connectivity index (χ1) is 5.83. The van der Waals surface area contributed by atoms with Crippen molar-refractivity contribution in [3.05, 3.63) is 35.4 Å². The Hall–Kier alpha value is -0.870. The second kappa shape index (κ2) is 4.90. The molecular formula is C11H12S. The molecule has 62 valence electrons. The predicted octanol–water partition coefficient (Wildman–Crippen LogP) is 2.86. The van der Waals surface area contributed by atoms with Crippen molar-refractivity contribution < 1.29 is 0 Å². The highest BCUT2D eigenvalue weighted by Gasteiger charge is 1.91. The van der Waals surface area contributed by atoms with Crippen LogP contribution in [0.25, 0.3) is 0 Å². The van der Waals surface area contributed by atoms with E-state index in [1.54, 1.807) is 11.8 Å². The Bertz CT molecular complexity index is 266. The lowest BCUT2D eigenvalue weighted by Crippen LogP contribution is -1.81. The molecule has 0 saturated carbocycles. The molecule has 0 amide bonds. The van der Waals surface area contributed by atoms with E-state index in [2.05, 4.69) is 37.1 Å². The molecule has 0 nitrogen and oxygen atoms in total. The van der Waals surface area contributed by atoms with Gasteiger partial charge >= 0.3 is 0 Å². The minimum atomic E-state index is 0.799. The Balaban J connectivity index is 2.43. The van der Waals surface area contributed by atoms with Gasteiger partial charge in [-0.1, -0.05) is 35.7 Å². The van der Waals surface area contributed by atoms with Gasteiger partial charge in [0.1, 0.15) is 0 Å². The maximum atomic E-state index is 5.15. The van der Waals surface area contributed by atoms with Gasteiger partial charge < -0.3 is 0 Å². The van der Waals surface area contributed by atoms with Crippen molar-refractivity contribution in [3.8, 4) is 12.3 Å². The summed E-state index contributed by atoms with van der Waals surface area (Å²) >= 11 is 1.78. The molecule has 0 aliphatic rings. The molecule has 0 aliphatic carbocycles. The highest BCUT2D eigenvalue weighted by molar-refractivity contribution is 7.98. The summed E-state index contributed by atoms with van der Waals surface area (Å²) in [6.07, 6.45) is 5.15. The van der Waals surface area contributed by atoms with Crippen LogP contribution in [-0.2, 0) is 5.75 Å². The standard InChI is InChI=1S/C11H12S/c1-3-8-12-9-11-6-4-10(2)5-7-11/h1,4-7H,8-9H2,2H3. The first-order valence-corrected chi connectivity index (χ1v) is 5.05. The molecule has 0 aliphatic heterocycles. The summed E-state index contributed by atoms with van der Waals surface area (Å²) in [5.41, 5.74) is 2.65. The van der Waals surface area contributed by atoms with Crippen molar-refractivity contribution in [1.82, 2.24) is 0 Å². The average molecular weight is 176 g/mol. The van der Waals surface area contributed by atoms with Gasteiger partial charge in [0.15, 0.2) is 0 Å². The number of benzene rings is 1. The average Bonchev–Trinajstić information content (AvgIpc) is 2.09. The number of aryl methyl sites for hydroxylation is 1. The van der Waals surface area contributed by atoms with Crippen molar-refractivity contribution >= 4 is 11.8 Å². The molecule has 0 spiro atoms. The van der Waals surface area contributed by atoms with Crippen molar-refractivity contribution in [1.29, 1.82) is 0 Å². The summed E-state index contributed by atoms with van der Waals surface area (Å²) < 4.78 is 0. The normalized spacial score (nSPS) is 9.33. The van der Waals surface area contributed by atoms with Gasteiger partial charge in [-0.15, -0.1) is 18.2 Å². The fourth-order valence-electron chi connectivity index (χ4n) is 0.912. The smallest absolute Gasteiger partial charge is 0.0548 e. The number of rotatable bonds is 3. The third-order valence-corrected chi connectivity index (χ3v) is 2.48. The van der Waals surface area contributed by atoms with Crippen molar-refractivity contribution in [2.75, 3.05) is 5.75 Å². The maximum absolute atomic E-state index is 5.15. The van der Waals surface area contributed by atoms with Gasteiger partial charge in [0.05, 0.1) is 5.75 Å². The fraction of sp³-hybridized carbons (Fsp3) is 0.273. The van der Waals surface area contributed by atoms with Crippen molar-refractivity contribution in [3.63, 3.8) is 0 Å². The van der Waals surface area contributed by atoms with E-state index in [1.165, 1.54) is 11.1 Å². The van der Waals surface area contributed by atoms with Gasteiger partial charge in [-0.3, -0.25) is 0 Å². The molecule has 0 unspecified atom stereocenters. The highest BCUT2D eigenvalue weighted by atomic mass is 32.2. The number of thioether (sulfide) groups is 1. The Labute approximate surface area is 78.4 Å². The van der Waals surface area contributed by atoms with Crippen LogP contribution in [-0.4, -0.2) is 5.75 Å². The molecular weight excluding hydrogens is 164 g/mol. The van der Waals surface area contributed by atoms with Crippen LogP contribution in [0.3, 0.4) is 0 Å². The van der Waals surface area contributed by atoms with Crippen molar-refractivity contribution in [2.45, 2.75) is 12.7 Å². The van der Waals surface area contributed by atoms with E-state index in [0.717, 1.165) is 11.5 Å². The first-order valence-electron chi connectivity index (χ1n) is 3.89. The molecule has 1 heteroatoms. The summed E-state index contributed by atoms with van der Waals surface area (Å²) in [6, 6.07) is 8.56.